The molecular weight excluding hydrogens is 349 g/mol. The number of nitrogens with one attached hydrogen (secondary N) is 1. The topological polar surface area (TPSA) is 72.8 Å². The standard InChI is InChI=1S/C20H22FN3O3/c1-6-13-8-14-9-18(15(21)10-16(14)22-11-13)27-17(7-2)19(25)24-20(3,4)12-23-26-5/h1,8-12,17H,7H2,2-5H3,(H,24,25)/b23-12+. The van der Waals surface area contributed by atoms with Gasteiger partial charge in [0, 0.05) is 23.2 Å². The third kappa shape index (κ3) is 5.17. The predicted molar refractivity (Wildman–Crippen MR) is 102 cm³/mol. The van der Waals surface area contributed by atoms with Crippen LogP contribution >= 0.6 is 0 Å². The summed E-state index contributed by atoms with van der Waals surface area (Å²) in [6, 6.07) is 4.46. The van der Waals surface area contributed by atoms with Gasteiger partial charge in [-0.25, -0.2) is 4.39 Å². The third-order valence-electron chi connectivity index (χ3n) is 3.76. The summed E-state index contributed by atoms with van der Waals surface area (Å²) in [4.78, 5) is 21.3. The van der Waals surface area contributed by atoms with Crippen LogP contribution in [0.5, 0.6) is 5.75 Å². The zero-order valence-corrected chi connectivity index (χ0v) is 15.7. The van der Waals surface area contributed by atoms with Crippen molar-refractivity contribution in [3.05, 3.63) is 35.8 Å². The van der Waals surface area contributed by atoms with Crippen molar-refractivity contribution in [2.45, 2.75) is 38.8 Å². The van der Waals surface area contributed by atoms with Crippen LogP contribution < -0.4 is 10.1 Å². The molecule has 6 nitrogen and oxygen atoms in total. The molecule has 1 aromatic carbocycles. The van der Waals surface area contributed by atoms with E-state index in [1.54, 1.807) is 26.8 Å². The fourth-order valence-corrected chi connectivity index (χ4v) is 2.39. The van der Waals surface area contributed by atoms with Crippen molar-refractivity contribution < 1.29 is 18.8 Å². The molecule has 0 aliphatic carbocycles. The van der Waals surface area contributed by atoms with Gasteiger partial charge in [-0.1, -0.05) is 18.0 Å². The molecule has 1 amide bonds. The number of carbonyl (C=O) groups is 1. The third-order valence-corrected chi connectivity index (χ3v) is 3.76. The van der Waals surface area contributed by atoms with E-state index in [4.69, 9.17) is 11.2 Å². The number of carbonyl (C=O) groups excluding carboxylic acids is 1. The van der Waals surface area contributed by atoms with Gasteiger partial charge in [0.2, 0.25) is 0 Å². The molecule has 1 aromatic heterocycles. The molecule has 0 bridgehead atoms. The van der Waals surface area contributed by atoms with Crippen LogP contribution in [0.3, 0.4) is 0 Å². The summed E-state index contributed by atoms with van der Waals surface area (Å²) in [5, 5.41) is 7.08. The second-order valence-electron chi connectivity index (χ2n) is 6.49. The van der Waals surface area contributed by atoms with Gasteiger partial charge < -0.3 is 14.9 Å². The zero-order valence-electron chi connectivity index (χ0n) is 15.7. The first-order chi connectivity index (χ1) is 12.8. The lowest BCUT2D eigenvalue weighted by atomic mass is 10.1. The number of aromatic nitrogens is 1. The maximum Gasteiger partial charge on any atom is 0.261 e. The van der Waals surface area contributed by atoms with Crippen molar-refractivity contribution in [1.29, 1.82) is 0 Å². The van der Waals surface area contributed by atoms with Crippen molar-refractivity contribution in [3.63, 3.8) is 0 Å². The minimum absolute atomic E-state index is 0.0381. The van der Waals surface area contributed by atoms with Gasteiger partial charge in [0.25, 0.3) is 5.91 Å². The molecule has 142 valence electrons. The Morgan fingerprint density at radius 2 is 2.22 bits per heavy atom. The Morgan fingerprint density at radius 1 is 1.48 bits per heavy atom. The summed E-state index contributed by atoms with van der Waals surface area (Å²) >= 11 is 0. The highest BCUT2D eigenvalue weighted by Crippen LogP contribution is 2.25. The van der Waals surface area contributed by atoms with Gasteiger partial charge in [-0.3, -0.25) is 9.78 Å². The van der Waals surface area contributed by atoms with Crippen LogP contribution in [0.2, 0.25) is 0 Å². The quantitative estimate of drug-likeness (QED) is 0.461. The number of nitrogens with zero attached hydrogens (tertiary/aromatic N) is 2. The van der Waals surface area contributed by atoms with Gasteiger partial charge in [-0.05, 0) is 32.4 Å². The fourth-order valence-electron chi connectivity index (χ4n) is 2.39. The second-order valence-corrected chi connectivity index (χ2v) is 6.49. The number of ether oxygens (including phenoxy) is 1. The molecule has 0 fully saturated rings. The van der Waals surface area contributed by atoms with E-state index in [0.29, 0.717) is 22.9 Å². The van der Waals surface area contributed by atoms with E-state index in [0.717, 1.165) is 0 Å². The first-order valence-electron chi connectivity index (χ1n) is 8.42. The number of rotatable bonds is 7. The van der Waals surface area contributed by atoms with E-state index in [2.05, 4.69) is 26.2 Å². The van der Waals surface area contributed by atoms with Gasteiger partial charge in [-0.15, -0.1) is 6.42 Å². The number of halogens is 1. The van der Waals surface area contributed by atoms with Crippen molar-refractivity contribution in [2.75, 3.05) is 7.11 Å². The van der Waals surface area contributed by atoms with Gasteiger partial charge in [0.05, 0.1) is 17.3 Å². The number of oxime groups is 1. The van der Waals surface area contributed by atoms with Crippen LogP contribution in [0.1, 0.15) is 32.8 Å². The van der Waals surface area contributed by atoms with Crippen LogP contribution in [-0.2, 0) is 9.63 Å². The Bertz CT molecular complexity index is 903. The van der Waals surface area contributed by atoms with E-state index < -0.39 is 17.5 Å². The Kier molecular flexibility index (Phi) is 6.35. The van der Waals surface area contributed by atoms with Crippen molar-refractivity contribution in [3.8, 4) is 18.1 Å². The summed E-state index contributed by atoms with van der Waals surface area (Å²) < 4.78 is 20.0. The average molecular weight is 371 g/mol. The number of hydrogen-bond acceptors (Lipinski definition) is 5. The number of amides is 1. The van der Waals surface area contributed by atoms with E-state index in [-0.39, 0.29) is 11.7 Å². The van der Waals surface area contributed by atoms with E-state index >= 15 is 0 Å². The van der Waals surface area contributed by atoms with Gasteiger partial charge in [-0.2, -0.15) is 0 Å². The number of terminal acetylenes is 1. The van der Waals surface area contributed by atoms with E-state index in [9.17, 15) is 9.18 Å². The molecule has 0 aliphatic rings. The van der Waals surface area contributed by atoms with Crippen molar-refractivity contribution in [2.24, 2.45) is 5.16 Å². The highest BCUT2D eigenvalue weighted by Gasteiger charge is 2.26. The highest BCUT2D eigenvalue weighted by atomic mass is 19.1. The second kappa shape index (κ2) is 8.49. The molecular formula is C20H22FN3O3. The molecule has 2 rings (SSSR count). The average Bonchev–Trinajstić information content (AvgIpc) is 2.63. The molecule has 1 N–H and O–H groups in total. The maximum absolute atomic E-state index is 14.4. The van der Waals surface area contributed by atoms with Crippen LogP contribution in [0.4, 0.5) is 4.39 Å². The minimum atomic E-state index is -0.879. The van der Waals surface area contributed by atoms with Crippen LogP contribution in [-0.4, -0.2) is 35.9 Å². The van der Waals surface area contributed by atoms with E-state index in [1.807, 2.05) is 0 Å². The van der Waals surface area contributed by atoms with Crippen molar-refractivity contribution in [1.82, 2.24) is 10.3 Å². The summed E-state index contributed by atoms with van der Waals surface area (Å²) in [7, 11) is 1.41. The van der Waals surface area contributed by atoms with Crippen LogP contribution in [0, 0.1) is 18.2 Å². The summed E-state index contributed by atoms with van der Waals surface area (Å²) in [5.74, 6) is 1.45. The number of pyridine rings is 1. The molecule has 0 radical (unpaired) electrons. The van der Waals surface area contributed by atoms with Gasteiger partial charge in [0.1, 0.15) is 7.11 Å². The Balaban J connectivity index is 2.24. The minimum Gasteiger partial charge on any atom is -0.478 e. The number of benzene rings is 1. The highest BCUT2D eigenvalue weighted by molar-refractivity contribution is 5.86. The summed E-state index contributed by atoms with van der Waals surface area (Å²) in [6.07, 6.45) is 7.80. The lowest BCUT2D eigenvalue weighted by molar-refractivity contribution is -0.129. The number of fused-ring (bicyclic) bond motifs is 1. The molecule has 1 atom stereocenters. The molecule has 7 heteroatoms. The van der Waals surface area contributed by atoms with Crippen LogP contribution in [0.25, 0.3) is 10.9 Å². The molecule has 27 heavy (non-hydrogen) atoms. The van der Waals surface area contributed by atoms with Gasteiger partial charge >= 0.3 is 0 Å². The molecule has 1 unspecified atom stereocenters. The fraction of sp³-hybridized carbons (Fsp3) is 0.350. The number of hydrogen-bond donors (Lipinski definition) is 1. The first kappa shape index (κ1) is 20.2. The maximum atomic E-state index is 14.4. The first-order valence-corrected chi connectivity index (χ1v) is 8.42. The van der Waals surface area contributed by atoms with E-state index in [1.165, 1.54) is 31.7 Å². The Hall–Kier alpha value is -3.14. The summed E-state index contributed by atoms with van der Waals surface area (Å²) in [6.45, 7) is 5.28. The molecule has 0 saturated carbocycles. The predicted octanol–water partition coefficient (Wildman–Crippen LogP) is 3.04. The molecule has 2 aromatic rings. The zero-order chi connectivity index (χ0) is 20.0. The van der Waals surface area contributed by atoms with Gasteiger partial charge in [0.15, 0.2) is 17.7 Å². The monoisotopic (exact) mass is 371 g/mol. The molecule has 0 saturated heterocycles. The Labute approximate surface area is 157 Å². The SMILES string of the molecule is C#Cc1cnc2cc(F)c(OC(CC)C(=O)NC(C)(C)/C=N/OC)cc2c1. The smallest absolute Gasteiger partial charge is 0.261 e. The lowest BCUT2D eigenvalue weighted by Gasteiger charge is -2.25. The Morgan fingerprint density at radius 3 is 2.85 bits per heavy atom. The largest absolute Gasteiger partial charge is 0.478 e. The molecule has 1 heterocycles. The molecule has 0 aliphatic heterocycles. The lowest BCUT2D eigenvalue weighted by Crippen LogP contribution is -2.50. The normalized spacial score (nSPS) is 12.6. The summed E-state index contributed by atoms with van der Waals surface area (Å²) in [5.41, 5.74) is 0.273. The van der Waals surface area contributed by atoms with Crippen molar-refractivity contribution >= 4 is 23.0 Å². The molecule has 0 spiro atoms. The van der Waals surface area contributed by atoms with Crippen LogP contribution in [0.15, 0.2) is 29.6 Å².